The van der Waals surface area contributed by atoms with Crippen molar-refractivity contribution in [1.29, 1.82) is 0 Å². The third kappa shape index (κ3) is 4.89. The highest BCUT2D eigenvalue weighted by Gasteiger charge is 2.31. The smallest absolute Gasteiger partial charge is 0.395 e. The number of hydrogen-bond acceptors (Lipinski definition) is 3. The van der Waals surface area contributed by atoms with Crippen molar-refractivity contribution in [3.8, 4) is 0 Å². The predicted molar refractivity (Wildman–Crippen MR) is 67.4 cm³/mol. The molecule has 0 saturated heterocycles. The van der Waals surface area contributed by atoms with Crippen LogP contribution in [-0.2, 0) is 0 Å². The van der Waals surface area contributed by atoms with E-state index in [0.29, 0.717) is 5.56 Å². The maximum absolute atomic E-state index is 12.4. The summed E-state index contributed by atoms with van der Waals surface area (Å²) in [5, 5.41) is 18.3. The fourth-order valence-corrected chi connectivity index (χ4v) is 1.97. The van der Waals surface area contributed by atoms with Crippen molar-refractivity contribution in [1.82, 2.24) is 0 Å². The number of aliphatic hydroxyl groups is 2. The molecule has 0 spiro atoms. The Morgan fingerprint density at radius 2 is 2.00 bits per heavy atom. The molecule has 1 aromatic carbocycles. The van der Waals surface area contributed by atoms with E-state index in [2.05, 4.69) is 0 Å². The van der Waals surface area contributed by atoms with Crippen LogP contribution in [0, 0.1) is 0 Å². The topological polar surface area (TPSA) is 43.7 Å². The molecule has 0 aromatic heterocycles. The molecule has 1 atom stereocenters. The molecule has 0 radical (unpaired) electrons. The quantitative estimate of drug-likeness (QED) is 0.878. The lowest BCUT2D eigenvalue weighted by atomic mass is 10.1. The Labute approximate surface area is 114 Å². The van der Waals surface area contributed by atoms with Gasteiger partial charge in [-0.25, -0.2) is 0 Å². The van der Waals surface area contributed by atoms with Gasteiger partial charge in [-0.05, 0) is 24.6 Å². The third-order valence-corrected chi connectivity index (χ3v) is 2.84. The highest BCUT2D eigenvalue weighted by atomic mass is 35.5. The number of nitrogens with zero attached hydrogens (tertiary/aromatic N) is 1. The van der Waals surface area contributed by atoms with Crippen molar-refractivity contribution in [2.45, 2.75) is 19.2 Å². The third-order valence-electron chi connectivity index (χ3n) is 2.53. The van der Waals surface area contributed by atoms with E-state index in [-0.39, 0.29) is 17.3 Å². The molecule has 0 aliphatic rings. The number of hydrogen-bond donors (Lipinski definition) is 2. The highest BCUT2D eigenvalue weighted by molar-refractivity contribution is 6.33. The Morgan fingerprint density at radius 1 is 1.37 bits per heavy atom. The zero-order valence-corrected chi connectivity index (χ0v) is 11.0. The molecule has 0 amide bonds. The van der Waals surface area contributed by atoms with Gasteiger partial charge in [-0.2, -0.15) is 13.2 Å². The van der Waals surface area contributed by atoms with Gasteiger partial charge in [0, 0.05) is 6.54 Å². The van der Waals surface area contributed by atoms with Crippen molar-refractivity contribution < 1.29 is 23.4 Å². The van der Waals surface area contributed by atoms with Crippen LogP contribution >= 0.6 is 11.6 Å². The van der Waals surface area contributed by atoms with Gasteiger partial charge in [0.1, 0.15) is 6.54 Å². The second kappa shape index (κ2) is 6.45. The van der Waals surface area contributed by atoms with Crippen LogP contribution in [0.4, 0.5) is 18.9 Å². The van der Waals surface area contributed by atoms with Crippen LogP contribution in [0.5, 0.6) is 0 Å². The van der Waals surface area contributed by atoms with Gasteiger partial charge >= 0.3 is 6.18 Å². The SMILES string of the molecule is C[C@H](O)c1ccc(N(CCO)CC(F)(F)F)c(Cl)c1. The molecule has 2 N–H and O–H groups in total. The van der Waals surface area contributed by atoms with Crippen molar-refractivity contribution in [2.75, 3.05) is 24.6 Å². The van der Waals surface area contributed by atoms with Crippen LogP contribution in [0.25, 0.3) is 0 Å². The summed E-state index contributed by atoms with van der Waals surface area (Å²) >= 11 is 5.93. The van der Waals surface area contributed by atoms with Gasteiger partial charge in [0.05, 0.1) is 23.4 Å². The van der Waals surface area contributed by atoms with E-state index in [1.54, 1.807) is 0 Å². The number of alkyl halides is 3. The van der Waals surface area contributed by atoms with Crippen LogP contribution in [-0.4, -0.2) is 36.1 Å². The summed E-state index contributed by atoms with van der Waals surface area (Å²) in [6.45, 7) is -0.244. The fourth-order valence-electron chi connectivity index (χ4n) is 1.66. The zero-order valence-electron chi connectivity index (χ0n) is 10.3. The molecule has 1 aromatic rings. The normalized spacial score (nSPS) is 13.4. The van der Waals surface area contributed by atoms with Gasteiger partial charge < -0.3 is 15.1 Å². The molecule has 3 nitrogen and oxygen atoms in total. The minimum atomic E-state index is -4.39. The Bertz CT molecular complexity index is 424. The maximum atomic E-state index is 12.4. The number of halogens is 4. The first kappa shape index (κ1) is 16.1. The van der Waals surface area contributed by atoms with E-state index < -0.39 is 25.4 Å². The average Bonchev–Trinajstić information content (AvgIpc) is 2.26. The molecule has 108 valence electrons. The van der Waals surface area contributed by atoms with E-state index in [1.807, 2.05) is 0 Å². The van der Waals surface area contributed by atoms with Crippen molar-refractivity contribution in [2.24, 2.45) is 0 Å². The lowest BCUT2D eigenvalue weighted by molar-refractivity contribution is -0.119. The van der Waals surface area contributed by atoms with Crippen LogP contribution in [0.1, 0.15) is 18.6 Å². The first-order valence-corrected chi connectivity index (χ1v) is 6.02. The largest absolute Gasteiger partial charge is 0.405 e. The number of anilines is 1. The molecule has 0 aliphatic carbocycles. The molecule has 0 fully saturated rings. The van der Waals surface area contributed by atoms with E-state index in [0.717, 1.165) is 4.90 Å². The molecule has 0 aliphatic heterocycles. The summed E-state index contributed by atoms with van der Waals surface area (Å²) < 4.78 is 37.3. The lowest BCUT2D eigenvalue weighted by Gasteiger charge is -2.26. The summed E-state index contributed by atoms with van der Waals surface area (Å²) in [6.07, 6.45) is -5.14. The predicted octanol–water partition coefficient (Wildman–Crippen LogP) is 2.75. The Hall–Kier alpha value is -0.980. The molecule has 1 rings (SSSR count). The van der Waals surface area contributed by atoms with Gasteiger partial charge in [0.2, 0.25) is 0 Å². The minimum Gasteiger partial charge on any atom is -0.395 e. The van der Waals surface area contributed by atoms with Gasteiger partial charge in [0.15, 0.2) is 0 Å². The lowest BCUT2D eigenvalue weighted by Crippen LogP contribution is -2.36. The monoisotopic (exact) mass is 297 g/mol. The summed E-state index contributed by atoms with van der Waals surface area (Å²) in [7, 11) is 0. The van der Waals surface area contributed by atoms with Crippen LogP contribution in [0.15, 0.2) is 18.2 Å². The molecule has 7 heteroatoms. The first-order chi connectivity index (χ1) is 8.74. The van der Waals surface area contributed by atoms with Crippen LogP contribution < -0.4 is 4.90 Å². The summed E-state index contributed by atoms with van der Waals surface area (Å²) in [5.74, 6) is 0. The Balaban J connectivity index is 3.02. The van der Waals surface area contributed by atoms with Crippen molar-refractivity contribution >= 4 is 17.3 Å². The fraction of sp³-hybridized carbons (Fsp3) is 0.500. The standard InChI is InChI=1S/C12H15ClF3NO2/c1-8(19)9-2-3-11(10(13)6-9)17(4-5-18)7-12(14,15)16/h2-3,6,8,18-19H,4-5,7H2,1H3/t8-/m0/s1. The average molecular weight is 298 g/mol. The minimum absolute atomic E-state index is 0.108. The Kier molecular flexibility index (Phi) is 5.46. The molecule has 0 unspecified atom stereocenters. The van der Waals surface area contributed by atoms with Crippen LogP contribution in [0.3, 0.4) is 0 Å². The molecule has 0 bridgehead atoms. The number of benzene rings is 1. The first-order valence-electron chi connectivity index (χ1n) is 5.64. The molecule has 0 saturated carbocycles. The van der Waals surface area contributed by atoms with Gasteiger partial charge in [-0.1, -0.05) is 17.7 Å². The second-order valence-electron chi connectivity index (χ2n) is 4.15. The van der Waals surface area contributed by atoms with Gasteiger partial charge in [-0.3, -0.25) is 0 Å². The van der Waals surface area contributed by atoms with E-state index in [1.165, 1.54) is 25.1 Å². The highest BCUT2D eigenvalue weighted by Crippen LogP contribution is 2.31. The molecular weight excluding hydrogens is 283 g/mol. The van der Waals surface area contributed by atoms with Crippen LogP contribution in [0.2, 0.25) is 5.02 Å². The molecule has 0 heterocycles. The van der Waals surface area contributed by atoms with Crippen molar-refractivity contribution in [3.05, 3.63) is 28.8 Å². The molecular formula is C12H15ClF3NO2. The Morgan fingerprint density at radius 3 is 2.42 bits per heavy atom. The number of rotatable bonds is 5. The summed E-state index contributed by atoms with van der Waals surface area (Å²) in [6, 6.07) is 4.33. The van der Waals surface area contributed by atoms with Gasteiger partial charge in [-0.15, -0.1) is 0 Å². The zero-order chi connectivity index (χ0) is 14.6. The summed E-state index contributed by atoms with van der Waals surface area (Å²) in [4.78, 5) is 0.953. The second-order valence-corrected chi connectivity index (χ2v) is 4.55. The van der Waals surface area contributed by atoms with E-state index in [9.17, 15) is 18.3 Å². The van der Waals surface area contributed by atoms with Gasteiger partial charge in [0.25, 0.3) is 0 Å². The summed E-state index contributed by atoms with van der Waals surface area (Å²) in [5.41, 5.74) is 0.696. The maximum Gasteiger partial charge on any atom is 0.405 e. The van der Waals surface area contributed by atoms with E-state index in [4.69, 9.17) is 16.7 Å². The molecule has 19 heavy (non-hydrogen) atoms. The number of aliphatic hydroxyl groups excluding tert-OH is 2. The van der Waals surface area contributed by atoms with Crippen molar-refractivity contribution in [3.63, 3.8) is 0 Å². The van der Waals surface area contributed by atoms with E-state index >= 15 is 0 Å².